The number of hydrogen-bond donors (Lipinski definition) is 1. The first-order chi connectivity index (χ1) is 13.3. The lowest BCUT2D eigenvalue weighted by Crippen LogP contribution is -2.22. The van der Waals surface area contributed by atoms with E-state index in [1.165, 1.54) is 12.1 Å². The standard InChI is InChI=1S/C19H18N2O6S/c1-13-10-17(21-27-13)20-18(22)12-26-19(23)8-9-28(24,25)16-7-6-14-4-2-3-5-15(14)11-16/h2-7,10-11H,8-9,12H2,1H3,(H,20,21,22). The van der Waals surface area contributed by atoms with E-state index in [2.05, 4.69) is 10.5 Å². The van der Waals surface area contributed by atoms with Crippen LogP contribution in [0.25, 0.3) is 10.8 Å². The van der Waals surface area contributed by atoms with Crippen molar-refractivity contribution in [3.63, 3.8) is 0 Å². The van der Waals surface area contributed by atoms with Crippen LogP contribution in [0.1, 0.15) is 12.2 Å². The van der Waals surface area contributed by atoms with Crippen LogP contribution in [0.15, 0.2) is 57.9 Å². The molecule has 0 aliphatic carbocycles. The van der Waals surface area contributed by atoms with E-state index >= 15 is 0 Å². The predicted molar refractivity (Wildman–Crippen MR) is 101 cm³/mol. The highest BCUT2D eigenvalue weighted by molar-refractivity contribution is 7.91. The number of hydrogen-bond acceptors (Lipinski definition) is 7. The molecular formula is C19H18N2O6S. The number of aromatic nitrogens is 1. The van der Waals surface area contributed by atoms with Gasteiger partial charge < -0.3 is 14.6 Å². The Labute approximate surface area is 161 Å². The van der Waals surface area contributed by atoms with Crippen LogP contribution in [0.2, 0.25) is 0 Å². The smallest absolute Gasteiger partial charge is 0.307 e. The topological polar surface area (TPSA) is 116 Å². The van der Waals surface area contributed by atoms with Crippen LogP contribution < -0.4 is 5.32 Å². The molecule has 1 aromatic heterocycles. The number of nitrogens with one attached hydrogen (secondary N) is 1. The summed E-state index contributed by atoms with van der Waals surface area (Å²) in [5.41, 5.74) is 0. The normalized spacial score (nSPS) is 11.3. The van der Waals surface area contributed by atoms with Crippen molar-refractivity contribution in [3.05, 3.63) is 54.3 Å². The van der Waals surface area contributed by atoms with Gasteiger partial charge in [0, 0.05) is 6.07 Å². The van der Waals surface area contributed by atoms with E-state index in [1.807, 2.05) is 24.3 Å². The molecule has 1 heterocycles. The van der Waals surface area contributed by atoms with Crippen molar-refractivity contribution >= 4 is 38.3 Å². The lowest BCUT2D eigenvalue weighted by Gasteiger charge is -2.07. The largest absolute Gasteiger partial charge is 0.456 e. The summed E-state index contributed by atoms with van der Waals surface area (Å²) >= 11 is 0. The predicted octanol–water partition coefficient (Wildman–Crippen LogP) is 2.48. The fraction of sp³-hybridized carbons (Fsp3) is 0.211. The molecule has 0 saturated carbocycles. The summed E-state index contributed by atoms with van der Waals surface area (Å²) in [6.07, 6.45) is -0.356. The van der Waals surface area contributed by atoms with E-state index in [9.17, 15) is 18.0 Å². The molecule has 9 heteroatoms. The third-order valence-electron chi connectivity index (χ3n) is 3.91. The number of rotatable bonds is 7. The molecule has 0 bridgehead atoms. The van der Waals surface area contributed by atoms with Gasteiger partial charge in [0.15, 0.2) is 22.3 Å². The first-order valence-electron chi connectivity index (χ1n) is 8.44. The number of benzene rings is 2. The maximum atomic E-state index is 12.5. The monoisotopic (exact) mass is 402 g/mol. The van der Waals surface area contributed by atoms with Gasteiger partial charge in [0.1, 0.15) is 5.76 Å². The Kier molecular flexibility index (Phi) is 5.74. The van der Waals surface area contributed by atoms with Crippen LogP contribution in [0.5, 0.6) is 0 Å². The van der Waals surface area contributed by atoms with Gasteiger partial charge in [-0.15, -0.1) is 0 Å². The number of esters is 1. The van der Waals surface area contributed by atoms with Gasteiger partial charge in [0.2, 0.25) is 0 Å². The van der Waals surface area contributed by atoms with Gasteiger partial charge in [-0.25, -0.2) is 8.42 Å². The number of aryl methyl sites for hydroxylation is 1. The summed E-state index contributed by atoms with van der Waals surface area (Å²) in [5.74, 6) is -1.06. The lowest BCUT2D eigenvalue weighted by molar-refractivity contribution is -0.146. The summed E-state index contributed by atoms with van der Waals surface area (Å²) in [6, 6.07) is 13.7. The van der Waals surface area contributed by atoms with Crippen molar-refractivity contribution in [3.8, 4) is 0 Å². The third kappa shape index (κ3) is 4.95. The van der Waals surface area contributed by atoms with Gasteiger partial charge in [0.05, 0.1) is 17.1 Å². The van der Waals surface area contributed by atoms with Crippen molar-refractivity contribution in [1.29, 1.82) is 0 Å². The first-order valence-corrected chi connectivity index (χ1v) is 10.1. The van der Waals surface area contributed by atoms with Crippen LogP contribution in [-0.4, -0.2) is 37.8 Å². The van der Waals surface area contributed by atoms with Gasteiger partial charge in [-0.2, -0.15) is 0 Å². The van der Waals surface area contributed by atoms with E-state index in [0.717, 1.165) is 10.8 Å². The Morgan fingerprint density at radius 2 is 1.86 bits per heavy atom. The first kappa shape index (κ1) is 19.6. The molecule has 2 aromatic carbocycles. The second kappa shape index (κ2) is 8.22. The van der Waals surface area contributed by atoms with Gasteiger partial charge in [-0.1, -0.05) is 35.5 Å². The second-order valence-corrected chi connectivity index (χ2v) is 8.22. The van der Waals surface area contributed by atoms with Gasteiger partial charge >= 0.3 is 5.97 Å². The van der Waals surface area contributed by atoms with Gasteiger partial charge in [-0.05, 0) is 29.8 Å². The lowest BCUT2D eigenvalue weighted by atomic mass is 10.1. The summed E-state index contributed by atoms with van der Waals surface area (Å²) in [4.78, 5) is 23.6. The van der Waals surface area contributed by atoms with Crippen molar-refractivity contribution in [2.75, 3.05) is 17.7 Å². The van der Waals surface area contributed by atoms with E-state index in [1.54, 1.807) is 19.1 Å². The summed E-state index contributed by atoms with van der Waals surface area (Å²) in [6.45, 7) is 1.12. The zero-order valence-corrected chi connectivity index (χ0v) is 15.9. The number of carbonyl (C=O) groups excluding carboxylic acids is 2. The van der Waals surface area contributed by atoms with E-state index in [0.29, 0.717) is 5.76 Å². The summed E-state index contributed by atoms with van der Waals surface area (Å²) < 4.78 is 34.5. The van der Waals surface area contributed by atoms with Crippen LogP contribution in [0.3, 0.4) is 0 Å². The number of fused-ring (bicyclic) bond motifs is 1. The minimum atomic E-state index is -3.65. The Hall–Kier alpha value is -3.20. The minimum Gasteiger partial charge on any atom is -0.456 e. The molecule has 0 radical (unpaired) electrons. The molecule has 0 spiro atoms. The maximum Gasteiger partial charge on any atom is 0.307 e. The van der Waals surface area contributed by atoms with Crippen LogP contribution >= 0.6 is 0 Å². The number of nitrogens with zero attached hydrogens (tertiary/aromatic N) is 1. The van der Waals surface area contributed by atoms with Gasteiger partial charge in [-0.3, -0.25) is 9.59 Å². The van der Waals surface area contributed by atoms with Crippen molar-refractivity contribution < 1.29 is 27.3 Å². The van der Waals surface area contributed by atoms with Crippen molar-refractivity contribution in [1.82, 2.24) is 5.16 Å². The molecule has 3 rings (SSSR count). The summed E-state index contributed by atoms with van der Waals surface area (Å²) in [7, 11) is -3.65. The SMILES string of the molecule is Cc1cc(NC(=O)COC(=O)CCS(=O)(=O)c2ccc3ccccc3c2)no1. The van der Waals surface area contributed by atoms with E-state index < -0.39 is 34.1 Å². The summed E-state index contributed by atoms with van der Waals surface area (Å²) in [5, 5.41) is 7.70. The zero-order chi connectivity index (χ0) is 20.1. The molecule has 0 aliphatic heterocycles. The van der Waals surface area contributed by atoms with Gasteiger partial charge in [0.25, 0.3) is 5.91 Å². The Bertz CT molecular complexity index is 1120. The Balaban J connectivity index is 1.51. The Morgan fingerprint density at radius 3 is 2.57 bits per heavy atom. The highest BCUT2D eigenvalue weighted by atomic mass is 32.2. The van der Waals surface area contributed by atoms with Crippen LogP contribution in [0, 0.1) is 6.92 Å². The second-order valence-electron chi connectivity index (χ2n) is 6.11. The Morgan fingerprint density at radius 1 is 1.11 bits per heavy atom. The molecule has 0 unspecified atom stereocenters. The fourth-order valence-electron chi connectivity index (χ4n) is 2.52. The molecule has 28 heavy (non-hydrogen) atoms. The molecule has 1 amide bonds. The molecule has 0 saturated heterocycles. The number of carbonyl (C=O) groups is 2. The van der Waals surface area contributed by atoms with E-state index in [4.69, 9.17) is 9.26 Å². The number of ether oxygens (including phenoxy) is 1. The molecule has 146 valence electrons. The molecule has 1 N–H and O–H groups in total. The minimum absolute atomic E-state index is 0.137. The highest BCUT2D eigenvalue weighted by Gasteiger charge is 2.18. The fourth-order valence-corrected chi connectivity index (χ4v) is 3.77. The average molecular weight is 402 g/mol. The third-order valence-corrected chi connectivity index (χ3v) is 5.63. The van der Waals surface area contributed by atoms with Crippen LogP contribution in [-0.2, 0) is 24.2 Å². The molecule has 0 atom stereocenters. The molecule has 0 fully saturated rings. The number of anilines is 1. The maximum absolute atomic E-state index is 12.5. The van der Waals surface area contributed by atoms with Crippen molar-refractivity contribution in [2.45, 2.75) is 18.2 Å². The highest BCUT2D eigenvalue weighted by Crippen LogP contribution is 2.20. The van der Waals surface area contributed by atoms with Crippen LogP contribution in [0.4, 0.5) is 5.82 Å². The zero-order valence-electron chi connectivity index (χ0n) is 15.0. The number of sulfone groups is 1. The number of amides is 1. The molecular weight excluding hydrogens is 384 g/mol. The quantitative estimate of drug-likeness (QED) is 0.604. The molecule has 3 aromatic rings. The average Bonchev–Trinajstić information content (AvgIpc) is 3.09. The molecule has 8 nitrogen and oxygen atoms in total. The van der Waals surface area contributed by atoms with E-state index in [-0.39, 0.29) is 17.1 Å². The molecule has 0 aliphatic rings. The van der Waals surface area contributed by atoms with Crippen molar-refractivity contribution in [2.24, 2.45) is 0 Å².